The fourth-order valence-electron chi connectivity index (χ4n) is 4.08. The number of benzene rings is 4. The molecule has 0 fully saturated rings. The number of nitrogens with zero attached hydrogens (tertiary/aromatic N) is 4. The van der Waals surface area contributed by atoms with Gasteiger partial charge in [0.05, 0.1) is 23.3 Å². The molecular formula is C32H28N4. The largest absolute Gasteiger partial charge is 0.378 e. The normalized spacial score (nSPS) is 10.9. The van der Waals surface area contributed by atoms with Crippen molar-refractivity contribution in [3.63, 3.8) is 0 Å². The second kappa shape index (κ2) is 10.6. The van der Waals surface area contributed by atoms with Gasteiger partial charge in [0, 0.05) is 39.6 Å². The van der Waals surface area contributed by atoms with Crippen LogP contribution in [0.25, 0.3) is 33.9 Å². The minimum Gasteiger partial charge on any atom is -0.378 e. The summed E-state index contributed by atoms with van der Waals surface area (Å²) in [6.07, 6.45) is 1.94. The topological polar surface area (TPSA) is 54.1 Å². The van der Waals surface area contributed by atoms with Crippen LogP contribution in [0, 0.1) is 22.7 Å². The minimum atomic E-state index is 0.547. The van der Waals surface area contributed by atoms with E-state index in [4.69, 9.17) is 5.26 Å². The lowest BCUT2D eigenvalue weighted by Gasteiger charge is -2.15. The molecule has 4 aromatic rings. The Kier molecular flexibility index (Phi) is 7.19. The van der Waals surface area contributed by atoms with Crippen LogP contribution in [-0.4, -0.2) is 28.2 Å². The molecule has 0 amide bonds. The number of hydrogen-bond acceptors (Lipinski definition) is 4. The van der Waals surface area contributed by atoms with E-state index in [-0.39, 0.29) is 0 Å². The summed E-state index contributed by atoms with van der Waals surface area (Å²) in [7, 11) is 8.11. The van der Waals surface area contributed by atoms with Gasteiger partial charge in [-0.15, -0.1) is 0 Å². The molecule has 0 aliphatic rings. The predicted octanol–water partition coefficient (Wildman–Crippen LogP) is 7.09. The van der Waals surface area contributed by atoms with Crippen molar-refractivity contribution >= 4 is 23.0 Å². The number of anilines is 2. The molecule has 0 aliphatic heterocycles. The lowest BCUT2D eigenvalue weighted by atomic mass is 9.92. The van der Waals surface area contributed by atoms with E-state index in [0.29, 0.717) is 11.1 Å². The average Bonchev–Trinajstić information content (AvgIpc) is 2.92. The highest BCUT2D eigenvalue weighted by Crippen LogP contribution is 2.33. The summed E-state index contributed by atoms with van der Waals surface area (Å²) in [6.45, 7) is 0. The third-order valence-electron chi connectivity index (χ3n) is 6.21. The zero-order valence-electron chi connectivity index (χ0n) is 21.0. The van der Waals surface area contributed by atoms with Crippen molar-refractivity contribution in [3.8, 4) is 34.4 Å². The van der Waals surface area contributed by atoms with E-state index in [2.05, 4.69) is 88.7 Å². The summed E-state index contributed by atoms with van der Waals surface area (Å²) in [5.74, 6) is 0. The Bertz CT molecular complexity index is 1460. The highest BCUT2D eigenvalue weighted by Gasteiger charge is 2.10. The Morgan fingerprint density at radius 2 is 1.17 bits per heavy atom. The van der Waals surface area contributed by atoms with Crippen LogP contribution in [0.3, 0.4) is 0 Å². The maximum absolute atomic E-state index is 10.0. The third-order valence-corrected chi connectivity index (χ3v) is 6.21. The molecular weight excluding hydrogens is 440 g/mol. The smallest absolute Gasteiger partial charge is 0.0998 e. The molecule has 0 aromatic heterocycles. The highest BCUT2D eigenvalue weighted by molar-refractivity contribution is 5.94. The van der Waals surface area contributed by atoms with Crippen LogP contribution >= 0.6 is 0 Å². The van der Waals surface area contributed by atoms with E-state index >= 15 is 0 Å². The van der Waals surface area contributed by atoms with Gasteiger partial charge < -0.3 is 9.80 Å². The molecule has 4 aromatic carbocycles. The molecule has 0 atom stereocenters. The zero-order valence-corrected chi connectivity index (χ0v) is 21.0. The summed E-state index contributed by atoms with van der Waals surface area (Å²) >= 11 is 0. The predicted molar refractivity (Wildman–Crippen MR) is 151 cm³/mol. The Balaban J connectivity index is 1.84. The molecule has 0 spiro atoms. The Labute approximate surface area is 213 Å². The van der Waals surface area contributed by atoms with E-state index in [1.54, 1.807) is 12.1 Å². The third kappa shape index (κ3) is 5.30. The summed E-state index contributed by atoms with van der Waals surface area (Å²) in [5, 5.41) is 19.1. The first kappa shape index (κ1) is 24.3. The van der Waals surface area contributed by atoms with Crippen LogP contribution in [0.2, 0.25) is 0 Å². The van der Waals surface area contributed by atoms with E-state index in [1.165, 1.54) is 0 Å². The molecule has 0 unspecified atom stereocenters. The van der Waals surface area contributed by atoms with E-state index in [9.17, 15) is 5.26 Å². The van der Waals surface area contributed by atoms with Gasteiger partial charge in [-0.2, -0.15) is 10.5 Å². The Hall–Kier alpha value is -4.80. The minimum absolute atomic E-state index is 0.547. The molecule has 36 heavy (non-hydrogen) atoms. The van der Waals surface area contributed by atoms with Crippen LogP contribution in [0.4, 0.5) is 11.4 Å². The van der Waals surface area contributed by atoms with Crippen molar-refractivity contribution in [1.29, 1.82) is 10.5 Å². The SMILES string of the molecule is CN(C)c1ccc(-c2ccc(-c3ccc(N(C)C)cc3)c(/C=C(\C#N)c3ccc(C#N)cc3)c2)cc1. The van der Waals surface area contributed by atoms with Crippen LogP contribution in [-0.2, 0) is 0 Å². The standard InChI is InChI=1S/C32H28N4/c1-35(2)30-14-9-24(10-15-30)27-13-18-32(26-11-16-31(17-12-26)36(3)4)28(19-27)20-29(22-34)25-7-5-23(21-33)6-8-25/h5-20H,1-4H3/b29-20+. The summed E-state index contributed by atoms with van der Waals surface area (Å²) in [4.78, 5) is 4.15. The van der Waals surface area contributed by atoms with Crippen molar-refractivity contribution < 1.29 is 0 Å². The van der Waals surface area contributed by atoms with Gasteiger partial charge in [0.25, 0.3) is 0 Å². The maximum atomic E-state index is 10.0. The number of hydrogen-bond donors (Lipinski definition) is 0. The molecule has 4 rings (SSSR count). The lowest BCUT2D eigenvalue weighted by molar-refractivity contribution is 1.13. The second-order valence-corrected chi connectivity index (χ2v) is 9.04. The molecule has 0 N–H and O–H groups in total. The van der Waals surface area contributed by atoms with E-state index < -0.39 is 0 Å². The van der Waals surface area contributed by atoms with Gasteiger partial charge in [-0.1, -0.05) is 48.5 Å². The Morgan fingerprint density at radius 3 is 1.67 bits per heavy atom. The molecule has 0 saturated heterocycles. The van der Waals surface area contributed by atoms with E-state index in [0.717, 1.165) is 44.8 Å². The quantitative estimate of drug-likeness (QED) is 0.224. The fourth-order valence-corrected chi connectivity index (χ4v) is 4.08. The second-order valence-electron chi connectivity index (χ2n) is 9.04. The average molecular weight is 469 g/mol. The first-order chi connectivity index (χ1) is 17.4. The molecule has 176 valence electrons. The van der Waals surface area contributed by atoms with Crippen LogP contribution in [0.1, 0.15) is 16.7 Å². The molecule has 0 bridgehead atoms. The molecule has 4 nitrogen and oxygen atoms in total. The maximum Gasteiger partial charge on any atom is 0.0998 e. The van der Waals surface area contributed by atoms with Crippen molar-refractivity contribution in [2.45, 2.75) is 0 Å². The summed E-state index contributed by atoms with van der Waals surface area (Å²) in [6, 6.07) is 34.9. The molecule has 0 heterocycles. The monoisotopic (exact) mass is 468 g/mol. The molecule has 0 radical (unpaired) electrons. The van der Waals surface area contributed by atoms with Gasteiger partial charge in [-0.3, -0.25) is 0 Å². The molecule has 0 saturated carbocycles. The lowest BCUT2D eigenvalue weighted by Crippen LogP contribution is -2.08. The van der Waals surface area contributed by atoms with Gasteiger partial charge in [-0.25, -0.2) is 0 Å². The first-order valence-electron chi connectivity index (χ1n) is 11.7. The van der Waals surface area contributed by atoms with Gasteiger partial charge in [-0.05, 0) is 81.9 Å². The number of nitriles is 2. The van der Waals surface area contributed by atoms with Crippen molar-refractivity contribution in [1.82, 2.24) is 0 Å². The number of allylic oxidation sites excluding steroid dienone is 1. The summed E-state index contributed by atoms with van der Waals surface area (Å²) < 4.78 is 0. The fraction of sp³-hybridized carbons (Fsp3) is 0.125. The Morgan fingerprint density at radius 1 is 0.639 bits per heavy atom. The molecule has 4 heteroatoms. The van der Waals surface area contributed by atoms with Gasteiger partial charge in [0.1, 0.15) is 0 Å². The van der Waals surface area contributed by atoms with Crippen molar-refractivity contribution in [3.05, 3.63) is 108 Å². The van der Waals surface area contributed by atoms with Crippen molar-refractivity contribution in [2.24, 2.45) is 0 Å². The first-order valence-corrected chi connectivity index (χ1v) is 11.7. The van der Waals surface area contributed by atoms with Gasteiger partial charge in [0.15, 0.2) is 0 Å². The van der Waals surface area contributed by atoms with Crippen molar-refractivity contribution in [2.75, 3.05) is 38.0 Å². The van der Waals surface area contributed by atoms with E-state index in [1.807, 2.05) is 46.4 Å². The summed E-state index contributed by atoms with van der Waals surface area (Å²) in [5.41, 5.74) is 9.46. The molecule has 0 aliphatic carbocycles. The van der Waals surface area contributed by atoms with Crippen LogP contribution < -0.4 is 9.80 Å². The zero-order chi connectivity index (χ0) is 25.7. The van der Waals surface area contributed by atoms with Crippen LogP contribution in [0.15, 0.2) is 91.0 Å². The number of rotatable bonds is 6. The van der Waals surface area contributed by atoms with Gasteiger partial charge in [0.2, 0.25) is 0 Å². The van der Waals surface area contributed by atoms with Gasteiger partial charge >= 0.3 is 0 Å². The highest BCUT2D eigenvalue weighted by atomic mass is 15.1. The van der Waals surface area contributed by atoms with Crippen LogP contribution in [0.5, 0.6) is 0 Å².